The summed E-state index contributed by atoms with van der Waals surface area (Å²) in [5, 5.41) is 7.02. The van der Waals surface area contributed by atoms with Crippen molar-refractivity contribution in [3.63, 3.8) is 0 Å². The summed E-state index contributed by atoms with van der Waals surface area (Å²) < 4.78 is 5.87. The number of para-hydroxylation sites is 1. The van der Waals surface area contributed by atoms with Gasteiger partial charge in [-0.05, 0) is 79.1 Å². The largest absolute Gasteiger partial charge is 0.457 e. The number of piperidine rings is 1. The molecule has 0 spiro atoms. The van der Waals surface area contributed by atoms with Crippen molar-refractivity contribution in [3.05, 3.63) is 95.0 Å². The van der Waals surface area contributed by atoms with Crippen LogP contribution in [0.25, 0.3) is 0 Å². The lowest BCUT2D eigenvalue weighted by atomic mass is 9.91. The van der Waals surface area contributed by atoms with Crippen LogP contribution < -0.4 is 15.4 Å². The summed E-state index contributed by atoms with van der Waals surface area (Å²) in [6.45, 7) is 1.68. The fourth-order valence-corrected chi connectivity index (χ4v) is 5.13. The van der Waals surface area contributed by atoms with E-state index in [0.717, 1.165) is 42.0 Å². The van der Waals surface area contributed by atoms with E-state index in [1.807, 2.05) is 78.9 Å². The van der Waals surface area contributed by atoms with Crippen LogP contribution in [0, 0.1) is 5.92 Å². The summed E-state index contributed by atoms with van der Waals surface area (Å²) in [6, 6.07) is 23.4. The van der Waals surface area contributed by atoms with E-state index in [1.54, 1.807) is 4.90 Å². The number of nitrogens with zero attached hydrogens (tertiary/aromatic N) is 2. The molecule has 5 rings (SSSR count). The molecule has 214 valence electrons. The van der Waals surface area contributed by atoms with Gasteiger partial charge in [-0.15, -0.1) is 0 Å². The predicted octanol–water partition coefficient (Wildman–Crippen LogP) is 5.54. The number of nitrogens with one attached hydrogen (secondary N) is 2. The minimum Gasteiger partial charge on any atom is -0.457 e. The third-order valence-corrected chi connectivity index (χ3v) is 7.58. The van der Waals surface area contributed by atoms with E-state index in [4.69, 9.17) is 21.2 Å². The molecule has 0 aromatic heterocycles. The molecular weight excluding hydrogens is 544 g/mol. The second-order valence-corrected chi connectivity index (χ2v) is 10.7. The van der Waals surface area contributed by atoms with Crippen LogP contribution in [-0.4, -0.2) is 53.7 Å². The molecule has 41 heavy (non-hydrogen) atoms. The fourth-order valence-electron chi connectivity index (χ4n) is 5.00. The number of hydrogen-bond donors (Lipinski definition) is 2. The first-order valence-electron chi connectivity index (χ1n) is 13.8. The Morgan fingerprint density at radius 3 is 2.41 bits per heavy atom. The molecule has 9 nitrogen and oxygen atoms in total. The van der Waals surface area contributed by atoms with Crippen molar-refractivity contribution in [2.75, 3.05) is 19.6 Å². The van der Waals surface area contributed by atoms with Gasteiger partial charge in [0.05, 0.1) is 0 Å². The quantitative estimate of drug-likeness (QED) is 0.307. The van der Waals surface area contributed by atoms with Crippen molar-refractivity contribution < 1.29 is 24.0 Å². The van der Waals surface area contributed by atoms with Gasteiger partial charge in [0.15, 0.2) is 0 Å². The van der Waals surface area contributed by atoms with Gasteiger partial charge in [0.2, 0.25) is 0 Å². The first-order valence-corrected chi connectivity index (χ1v) is 14.2. The van der Waals surface area contributed by atoms with Crippen molar-refractivity contribution in [1.82, 2.24) is 20.6 Å². The zero-order chi connectivity index (χ0) is 28.6. The Labute approximate surface area is 244 Å². The highest BCUT2D eigenvalue weighted by atomic mass is 35.5. The lowest BCUT2D eigenvalue weighted by Gasteiger charge is -2.31. The van der Waals surface area contributed by atoms with Crippen LogP contribution in [0.2, 0.25) is 5.02 Å². The monoisotopic (exact) mass is 576 g/mol. The number of carbonyl (C=O) groups is 3. The summed E-state index contributed by atoms with van der Waals surface area (Å²) in [5.74, 6) is 1.33. The molecule has 2 saturated heterocycles. The number of likely N-dealkylation sites (tertiary alicyclic amines) is 1. The lowest BCUT2D eigenvalue weighted by molar-refractivity contribution is -0.151. The van der Waals surface area contributed by atoms with Gasteiger partial charge in [-0.3, -0.25) is 4.79 Å². The summed E-state index contributed by atoms with van der Waals surface area (Å²) in [6.07, 6.45) is 2.97. The van der Waals surface area contributed by atoms with E-state index in [1.165, 1.54) is 5.56 Å². The Bertz CT molecular complexity index is 1350. The normalized spacial score (nSPS) is 17.4. The van der Waals surface area contributed by atoms with E-state index < -0.39 is 24.1 Å². The molecular formula is C31H33ClN4O5. The van der Waals surface area contributed by atoms with E-state index in [-0.39, 0.29) is 6.54 Å². The molecule has 2 N–H and O–H groups in total. The van der Waals surface area contributed by atoms with E-state index in [9.17, 15) is 14.4 Å². The number of hydrogen-bond acceptors (Lipinski definition) is 6. The molecule has 4 amide bonds. The number of carbonyl (C=O) groups excluding carboxylic acids is 3. The Morgan fingerprint density at radius 2 is 1.66 bits per heavy atom. The smallest absolute Gasteiger partial charge is 0.434 e. The maximum Gasteiger partial charge on any atom is 0.434 e. The maximum absolute atomic E-state index is 12.8. The first-order chi connectivity index (χ1) is 19.9. The molecule has 2 heterocycles. The molecule has 1 atom stereocenters. The summed E-state index contributed by atoms with van der Waals surface area (Å²) in [4.78, 5) is 44.7. The van der Waals surface area contributed by atoms with Crippen LogP contribution >= 0.6 is 11.6 Å². The van der Waals surface area contributed by atoms with Crippen LogP contribution in [-0.2, 0) is 22.6 Å². The molecule has 3 aromatic rings. The molecule has 10 heteroatoms. The molecule has 0 saturated carbocycles. The average molecular weight is 577 g/mol. The maximum atomic E-state index is 12.8. The van der Waals surface area contributed by atoms with Crippen LogP contribution in [0.15, 0.2) is 78.9 Å². The van der Waals surface area contributed by atoms with Crippen molar-refractivity contribution in [3.8, 4) is 11.5 Å². The Hall–Kier alpha value is -4.08. The number of benzene rings is 3. The molecule has 2 fully saturated rings. The summed E-state index contributed by atoms with van der Waals surface area (Å²) in [5.41, 5.74) is 2.19. The number of rotatable bonds is 10. The number of aryl methyl sites for hydroxylation is 1. The number of amides is 4. The Kier molecular flexibility index (Phi) is 9.38. The van der Waals surface area contributed by atoms with E-state index >= 15 is 0 Å². The minimum absolute atomic E-state index is 0.182. The van der Waals surface area contributed by atoms with Gasteiger partial charge in [0, 0.05) is 31.2 Å². The fraction of sp³-hybridized carbons (Fsp3) is 0.323. The van der Waals surface area contributed by atoms with Crippen molar-refractivity contribution in [2.45, 2.75) is 38.3 Å². The highest BCUT2D eigenvalue weighted by Gasteiger charge is 2.42. The first kappa shape index (κ1) is 28.4. The molecule has 0 radical (unpaired) electrons. The van der Waals surface area contributed by atoms with Gasteiger partial charge < -0.3 is 25.1 Å². The van der Waals surface area contributed by atoms with Crippen LogP contribution in [0.1, 0.15) is 30.4 Å². The van der Waals surface area contributed by atoms with Gasteiger partial charge in [-0.2, -0.15) is 0 Å². The van der Waals surface area contributed by atoms with E-state index in [0.29, 0.717) is 36.4 Å². The molecule has 0 aliphatic carbocycles. The Balaban J connectivity index is 1.03. The van der Waals surface area contributed by atoms with Gasteiger partial charge in [0.1, 0.15) is 17.5 Å². The molecule has 0 bridgehead atoms. The number of ether oxygens (including phenoxy) is 1. The van der Waals surface area contributed by atoms with Crippen molar-refractivity contribution in [1.29, 1.82) is 0 Å². The second kappa shape index (κ2) is 13.5. The zero-order valence-corrected chi connectivity index (χ0v) is 23.4. The van der Waals surface area contributed by atoms with Gasteiger partial charge in [-0.1, -0.05) is 59.1 Å². The number of urea groups is 1. The number of hydroxylamine groups is 2. The molecule has 2 aliphatic rings. The van der Waals surface area contributed by atoms with Gasteiger partial charge in [0.25, 0.3) is 5.91 Å². The van der Waals surface area contributed by atoms with Crippen LogP contribution in [0.4, 0.5) is 9.59 Å². The topological polar surface area (TPSA) is 100 Å². The minimum atomic E-state index is -0.836. The predicted molar refractivity (Wildman–Crippen MR) is 154 cm³/mol. The zero-order valence-electron chi connectivity index (χ0n) is 22.6. The highest BCUT2D eigenvalue weighted by Crippen LogP contribution is 2.24. The third kappa shape index (κ3) is 7.77. The molecule has 2 aliphatic heterocycles. The summed E-state index contributed by atoms with van der Waals surface area (Å²) in [7, 11) is 0. The third-order valence-electron chi connectivity index (χ3n) is 7.33. The van der Waals surface area contributed by atoms with Crippen LogP contribution in [0.3, 0.4) is 0 Å². The van der Waals surface area contributed by atoms with Gasteiger partial charge in [-0.25, -0.2) is 9.59 Å². The summed E-state index contributed by atoms with van der Waals surface area (Å²) >= 11 is 5.96. The highest BCUT2D eigenvalue weighted by molar-refractivity contribution is 6.30. The average Bonchev–Trinajstić information content (AvgIpc) is 3.25. The lowest BCUT2D eigenvalue weighted by Crippen LogP contribution is -2.44. The second-order valence-electron chi connectivity index (χ2n) is 10.3. The van der Waals surface area contributed by atoms with Crippen LogP contribution in [0.5, 0.6) is 11.5 Å². The number of imide groups is 1. The molecule has 1 unspecified atom stereocenters. The Morgan fingerprint density at radius 1 is 0.927 bits per heavy atom. The number of halogens is 1. The van der Waals surface area contributed by atoms with Crippen molar-refractivity contribution >= 4 is 29.6 Å². The van der Waals surface area contributed by atoms with E-state index in [2.05, 4.69) is 10.6 Å². The van der Waals surface area contributed by atoms with Crippen molar-refractivity contribution in [2.24, 2.45) is 5.92 Å². The molecule has 3 aromatic carbocycles. The standard InChI is InChI=1S/C31H33ClN4O5/c32-25-13-11-22(12-14-25)9-10-23-15-17-35(18-16-23)31(39)41-36-29(37)28(34-30(36)38)21-33-20-24-5-4-8-27(19-24)40-26-6-2-1-3-7-26/h1-8,11-14,19,23,28,33H,9-10,15-18,20-21H2,(H,34,38). The van der Waals surface area contributed by atoms with Gasteiger partial charge >= 0.3 is 12.1 Å². The SMILES string of the molecule is O=C(ON1C(=O)NC(CNCc2cccc(Oc3ccccc3)c2)C1=O)N1CCC(CCc2ccc(Cl)cc2)CC1.